The summed E-state index contributed by atoms with van der Waals surface area (Å²) in [5.41, 5.74) is 0.650. The number of likely N-dealkylation sites (tertiary alicyclic amines) is 1. The van der Waals surface area contributed by atoms with Crippen LogP contribution in [-0.2, 0) is 16.1 Å². The maximum atomic E-state index is 12.6. The van der Waals surface area contributed by atoms with Gasteiger partial charge in [-0.2, -0.15) is 5.10 Å². The van der Waals surface area contributed by atoms with Gasteiger partial charge in [0, 0.05) is 31.6 Å². The maximum Gasteiger partial charge on any atom is 0.410 e. The largest absolute Gasteiger partial charge is 0.441 e. The molecule has 2 amide bonds. The lowest BCUT2D eigenvalue weighted by atomic mass is 9.95. The molecular weight excluding hydrogens is 394 g/mol. The van der Waals surface area contributed by atoms with E-state index in [1.165, 1.54) is 0 Å². The van der Waals surface area contributed by atoms with Gasteiger partial charge in [-0.15, -0.1) is 0 Å². The third kappa shape index (κ3) is 5.07. The number of nitrogens with zero attached hydrogens (tertiary/aromatic N) is 4. The van der Waals surface area contributed by atoms with E-state index in [4.69, 9.17) is 4.74 Å². The van der Waals surface area contributed by atoms with Crippen LogP contribution in [-0.4, -0.2) is 63.4 Å². The van der Waals surface area contributed by atoms with Crippen LogP contribution in [0.4, 0.5) is 10.6 Å². The average molecular weight is 426 g/mol. The molecule has 0 unspecified atom stereocenters. The Kier molecular flexibility index (Phi) is 6.27. The number of hydrogen-bond acceptors (Lipinski definition) is 5. The number of carbonyl (C=O) groups is 2. The number of aromatic nitrogens is 2. The fourth-order valence-electron chi connectivity index (χ4n) is 4.47. The summed E-state index contributed by atoms with van der Waals surface area (Å²) in [7, 11) is 0. The third-order valence-corrected chi connectivity index (χ3v) is 6.04. The van der Waals surface area contributed by atoms with Crippen molar-refractivity contribution in [1.82, 2.24) is 19.6 Å². The average Bonchev–Trinajstić information content (AvgIpc) is 3.25. The lowest BCUT2D eigenvalue weighted by molar-refractivity contribution is -0.117. The summed E-state index contributed by atoms with van der Waals surface area (Å²) in [5, 5.41) is 7.23. The Hall–Kier alpha value is -2.87. The topological polar surface area (TPSA) is 79.7 Å². The Balaban J connectivity index is 1.31. The Bertz CT molecular complexity index is 913. The highest BCUT2D eigenvalue weighted by Crippen LogP contribution is 2.34. The smallest absolute Gasteiger partial charge is 0.410 e. The SMILES string of the molecule is CC(C)n1nccc1NC(=O)CN1CCC[C@]2(CC1)CN(Cc1ccccc1)C(=O)O2. The Morgan fingerprint density at radius 1 is 1.19 bits per heavy atom. The summed E-state index contributed by atoms with van der Waals surface area (Å²) in [6.07, 6.45) is 3.91. The number of carbonyl (C=O) groups excluding carboxylic acids is 2. The van der Waals surface area contributed by atoms with Gasteiger partial charge in [-0.3, -0.25) is 14.6 Å². The molecule has 0 aliphatic carbocycles. The quantitative estimate of drug-likeness (QED) is 0.768. The molecule has 1 aromatic heterocycles. The Morgan fingerprint density at radius 3 is 2.77 bits per heavy atom. The minimum absolute atomic E-state index is 0.0486. The highest BCUT2D eigenvalue weighted by Gasteiger charge is 2.45. The minimum atomic E-state index is -0.451. The number of nitrogens with one attached hydrogen (secondary N) is 1. The number of amides is 2. The minimum Gasteiger partial charge on any atom is -0.441 e. The molecule has 2 aliphatic heterocycles. The standard InChI is InChI=1S/C23H31N5O3/c1-18(2)28-20(9-12-24-28)25-21(29)16-26-13-6-10-23(11-14-26)17-27(22(30)31-23)15-19-7-4-3-5-8-19/h3-5,7-9,12,18H,6,10-11,13-17H2,1-2H3,(H,25,29)/t23-/m0/s1. The third-order valence-electron chi connectivity index (χ3n) is 6.04. The summed E-state index contributed by atoms with van der Waals surface area (Å²) in [5.74, 6) is 0.667. The van der Waals surface area contributed by atoms with Crippen LogP contribution >= 0.6 is 0 Å². The summed E-state index contributed by atoms with van der Waals surface area (Å²) in [6.45, 7) is 7.09. The van der Waals surface area contributed by atoms with E-state index in [-0.39, 0.29) is 18.0 Å². The molecule has 0 saturated carbocycles. The van der Waals surface area contributed by atoms with Crippen LogP contribution in [0.2, 0.25) is 0 Å². The number of anilines is 1. The van der Waals surface area contributed by atoms with Crippen molar-refractivity contribution in [3.63, 3.8) is 0 Å². The van der Waals surface area contributed by atoms with Crippen molar-refractivity contribution in [1.29, 1.82) is 0 Å². The van der Waals surface area contributed by atoms with Crippen molar-refractivity contribution in [2.45, 2.75) is 51.3 Å². The first kappa shape index (κ1) is 21.4. The second kappa shape index (κ2) is 9.09. The van der Waals surface area contributed by atoms with Gasteiger partial charge in [-0.1, -0.05) is 30.3 Å². The molecule has 4 rings (SSSR count). The number of ether oxygens (including phenoxy) is 1. The molecule has 0 bridgehead atoms. The Morgan fingerprint density at radius 2 is 2.00 bits per heavy atom. The molecule has 1 aromatic carbocycles. The van der Waals surface area contributed by atoms with Crippen LogP contribution in [0.1, 0.15) is 44.7 Å². The molecule has 0 radical (unpaired) electrons. The van der Waals surface area contributed by atoms with Crippen LogP contribution in [0.15, 0.2) is 42.6 Å². The number of hydrogen-bond donors (Lipinski definition) is 1. The summed E-state index contributed by atoms with van der Waals surface area (Å²) in [4.78, 5) is 29.0. The van der Waals surface area contributed by atoms with Gasteiger partial charge in [0.05, 0.1) is 19.3 Å². The van der Waals surface area contributed by atoms with E-state index >= 15 is 0 Å². The highest BCUT2D eigenvalue weighted by molar-refractivity contribution is 5.91. The first-order valence-electron chi connectivity index (χ1n) is 11.0. The second-order valence-electron chi connectivity index (χ2n) is 8.83. The van der Waals surface area contributed by atoms with Crippen molar-refractivity contribution in [3.8, 4) is 0 Å². The van der Waals surface area contributed by atoms with Crippen molar-refractivity contribution < 1.29 is 14.3 Å². The van der Waals surface area contributed by atoms with E-state index in [2.05, 4.69) is 15.3 Å². The highest BCUT2D eigenvalue weighted by atomic mass is 16.6. The molecule has 1 atom stereocenters. The van der Waals surface area contributed by atoms with Crippen LogP contribution < -0.4 is 5.32 Å². The molecule has 1 spiro atoms. The van der Waals surface area contributed by atoms with Gasteiger partial charge in [0.25, 0.3) is 0 Å². The number of benzene rings is 1. The molecular formula is C23H31N5O3. The first-order chi connectivity index (χ1) is 14.9. The summed E-state index contributed by atoms with van der Waals surface area (Å²) >= 11 is 0. The van der Waals surface area contributed by atoms with Gasteiger partial charge in [0.2, 0.25) is 5.91 Å². The van der Waals surface area contributed by atoms with E-state index in [0.29, 0.717) is 25.5 Å². The van der Waals surface area contributed by atoms with Crippen LogP contribution in [0.3, 0.4) is 0 Å². The van der Waals surface area contributed by atoms with Gasteiger partial charge in [-0.25, -0.2) is 9.48 Å². The van der Waals surface area contributed by atoms with Gasteiger partial charge >= 0.3 is 6.09 Å². The molecule has 31 heavy (non-hydrogen) atoms. The molecule has 166 valence electrons. The fourth-order valence-corrected chi connectivity index (χ4v) is 4.47. The van der Waals surface area contributed by atoms with Crippen molar-refractivity contribution in [2.75, 3.05) is 31.5 Å². The molecule has 2 fully saturated rings. The molecule has 8 heteroatoms. The number of rotatable bonds is 6. The lowest BCUT2D eigenvalue weighted by Gasteiger charge is -2.25. The van der Waals surface area contributed by atoms with Gasteiger partial charge < -0.3 is 10.1 Å². The van der Waals surface area contributed by atoms with Crippen LogP contribution in [0.25, 0.3) is 0 Å². The first-order valence-corrected chi connectivity index (χ1v) is 11.0. The van der Waals surface area contributed by atoms with Gasteiger partial charge in [-0.05, 0) is 38.8 Å². The van der Waals surface area contributed by atoms with E-state index < -0.39 is 5.60 Å². The van der Waals surface area contributed by atoms with Crippen LogP contribution in [0, 0.1) is 0 Å². The van der Waals surface area contributed by atoms with E-state index in [1.807, 2.05) is 50.2 Å². The van der Waals surface area contributed by atoms with Crippen molar-refractivity contribution in [2.24, 2.45) is 0 Å². The van der Waals surface area contributed by atoms with E-state index in [9.17, 15) is 9.59 Å². The predicted octanol–water partition coefficient (Wildman–Crippen LogP) is 3.28. The molecule has 2 saturated heterocycles. The Labute approximate surface area is 183 Å². The van der Waals surface area contributed by atoms with Gasteiger partial charge in [0.15, 0.2) is 0 Å². The zero-order valence-electron chi connectivity index (χ0n) is 18.3. The summed E-state index contributed by atoms with van der Waals surface area (Å²) < 4.78 is 7.68. The van der Waals surface area contributed by atoms with E-state index in [1.54, 1.807) is 15.8 Å². The molecule has 3 heterocycles. The van der Waals surface area contributed by atoms with Crippen molar-refractivity contribution in [3.05, 3.63) is 48.2 Å². The fraction of sp³-hybridized carbons (Fsp3) is 0.522. The zero-order valence-corrected chi connectivity index (χ0v) is 18.3. The predicted molar refractivity (Wildman–Crippen MR) is 118 cm³/mol. The van der Waals surface area contributed by atoms with Gasteiger partial charge in [0.1, 0.15) is 11.4 Å². The molecule has 1 N–H and O–H groups in total. The van der Waals surface area contributed by atoms with Crippen LogP contribution in [0.5, 0.6) is 0 Å². The molecule has 2 aliphatic rings. The lowest BCUT2D eigenvalue weighted by Crippen LogP contribution is -2.38. The monoisotopic (exact) mass is 425 g/mol. The normalized spacial score (nSPS) is 22.0. The maximum absolute atomic E-state index is 12.6. The molecule has 2 aromatic rings. The molecule has 8 nitrogen and oxygen atoms in total. The second-order valence-corrected chi connectivity index (χ2v) is 8.83. The van der Waals surface area contributed by atoms with E-state index in [0.717, 1.165) is 37.9 Å². The van der Waals surface area contributed by atoms with Crippen molar-refractivity contribution >= 4 is 17.8 Å². The zero-order chi connectivity index (χ0) is 21.8. The summed E-state index contributed by atoms with van der Waals surface area (Å²) in [6, 6.07) is 12.0.